The summed E-state index contributed by atoms with van der Waals surface area (Å²) in [5.41, 5.74) is 1.80. The van der Waals surface area contributed by atoms with Crippen molar-refractivity contribution in [2.45, 2.75) is 12.5 Å². The van der Waals surface area contributed by atoms with Crippen LogP contribution in [0, 0.1) is 0 Å². The van der Waals surface area contributed by atoms with E-state index in [0.29, 0.717) is 12.4 Å². The predicted octanol–water partition coefficient (Wildman–Crippen LogP) is 2.02. The van der Waals surface area contributed by atoms with E-state index in [2.05, 4.69) is 20.6 Å². The molecule has 1 saturated heterocycles. The van der Waals surface area contributed by atoms with E-state index in [1.807, 2.05) is 36.0 Å². The van der Waals surface area contributed by atoms with E-state index in [0.717, 1.165) is 29.1 Å². The third kappa shape index (κ3) is 3.65. The first-order valence-corrected chi connectivity index (χ1v) is 7.52. The Morgan fingerprint density at radius 1 is 1.45 bits per heavy atom. The van der Waals surface area contributed by atoms with Gasteiger partial charge in [-0.25, -0.2) is 4.98 Å². The molecular formula is C13H17ClN4OS. The van der Waals surface area contributed by atoms with Crippen molar-refractivity contribution in [3.8, 4) is 0 Å². The van der Waals surface area contributed by atoms with Gasteiger partial charge in [-0.1, -0.05) is 12.1 Å². The minimum Gasteiger partial charge on any atom is -0.324 e. The number of halogens is 1. The number of hydrogen-bond donors (Lipinski definition) is 3. The molecule has 3 N–H and O–H groups in total. The standard InChI is InChI=1S/C13H16N4OS.ClH/c18-12(7-9-8-19-6-5-14-9)17-13-15-10-3-1-2-4-11(10)16-13;/h1-4,9,14H,5-8H2,(H2,15,16,17,18);1H. The highest BCUT2D eigenvalue weighted by molar-refractivity contribution is 7.99. The van der Waals surface area contributed by atoms with Gasteiger partial charge in [0.15, 0.2) is 0 Å². The van der Waals surface area contributed by atoms with E-state index >= 15 is 0 Å². The van der Waals surface area contributed by atoms with Crippen molar-refractivity contribution in [2.75, 3.05) is 23.4 Å². The number of fused-ring (bicyclic) bond motifs is 1. The van der Waals surface area contributed by atoms with Crippen molar-refractivity contribution >= 4 is 47.1 Å². The van der Waals surface area contributed by atoms with Crippen molar-refractivity contribution in [3.05, 3.63) is 24.3 Å². The number of benzene rings is 1. The molecule has 1 aliphatic heterocycles. The van der Waals surface area contributed by atoms with Crippen LogP contribution < -0.4 is 10.6 Å². The van der Waals surface area contributed by atoms with Gasteiger partial charge in [-0.2, -0.15) is 11.8 Å². The maximum Gasteiger partial charge on any atom is 0.228 e. The van der Waals surface area contributed by atoms with Crippen LogP contribution in [0.1, 0.15) is 6.42 Å². The highest BCUT2D eigenvalue weighted by Gasteiger charge is 2.17. The van der Waals surface area contributed by atoms with Gasteiger partial charge in [0.2, 0.25) is 11.9 Å². The smallest absolute Gasteiger partial charge is 0.228 e. The van der Waals surface area contributed by atoms with Crippen molar-refractivity contribution in [3.63, 3.8) is 0 Å². The number of amides is 1. The minimum absolute atomic E-state index is 0. The number of anilines is 1. The number of aromatic amines is 1. The van der Waals surface area contributed by atoms with E-state index in [-0.39, 0.29) is 24.4 Å². The zero-order chi connectivity index (χ0) is 13.1. The quantitative estimate of drug-likeness (QED) is 0.811. The summed E-state index contributed by atoms with van der Waals surface area (Å²) < 4.78 is 0. The van der Waals surface area contributed by atoms with Crippen LogP contribution in [0.5, 0.6) is 0 Å². The van der Waals surface area contributed by atoms with Gasteiger partial charge < -0.3 is 10.3 Å². The summed E-state index contributed by atoms with van der Waals surface area (Å²) >= 11 is 1.89. The van der Waals surface area contributed by atoms with Gasteiger partial charge in [0.25, 0.3) is 0 Å². The molecule has 1 fully saturated rings. The van der Waals surface area contributed by atoms with Gasteiger partial charge >= 0.3 is 0 Å². The lowest BCUT2D eigenvalue weighted by Gasteiger charge is -2.22. The van der Waals surface area contributed by atoms with Gasteiger partial charge in [0.05, 0.1) is 11.0 Å². The molecule has 1 unspecified atom stereocenters. The summed E-state index contributed by atoms with van der Waals surface area (Å²) in [5, 5.41) is 6.17. The number of carbonyl (C=O) groups is 1. The SMILES string of the molecule is Cl.O=C(CC1CSCCN1)Nc1nc2ccccc2[nH]1. The average molecular weight is 313 g/mol. The molecule has 0 spiro atoms. The van der Waals surface area contributed by atoms with Gasteiger partial charge in [0, 0.05) is 30.5 Å². The third-order valence-corrected chi connectivity index (χ3v) is 4.21. The molecule has 1 amide bonds. The molecule has 3 rings (SSSR count). The van der Waals surface area contributed by atoms with Gasteiger partial charge in [-0.05, 0) is 12.1 Å². The minimum atomic E-state index is -0.000874. The number of H-pyrrole nitrogens is 1. The number of hydrogen-bond acceptors (Lipinski definition) is 4. The lowest BCUT2D eigenvalue weighted by Crippen LogP contribution is -2.40. The number of aromatic nitrogens is 2. The molecule has 108 valence electrons. The highest BCUT2D eigenvalue weighted by atomic mass is 35.5. The first-order chi connectivity index (χ1) is 9.31. The second-order valence-electron chi connectivity index (χ2n) is 4.58. The van der Waals surface area contributed by atoms with Gasteiger partial charge in [0.1, 0.15) is 0 Å². The van der Waals surface area contributed by atoms with E-state index in [4.69, 9.17) is 0 Å². The molecule has 2 aromatic rings. The second kappa shape index (κ2) is 6.97. The van der Waals surface area contributed by atoms with Crippen molar-refractivity contribution in [1.29, 1.82) is 0 Å². The molecule has 7 heteroatoms. The van der Waals surface area contributed by atoms with Gasteiger partial charge in [-0.15, -0.1) is 12.4 Å². The molecule has 0 radical (unpaired) electrons. The molecule has 20 heavy (non-hydrogen) atoms. The number of nitrogens with zero attached hydrogens (tertiary/aromatic N) is 1. The van der Waals surface area contributed by atoms with E-state index in [1.165, 1.54) is 0 Å². The van der Waals surface area contributed by atoms with Crippen LogP contribution in [0.3, 0.4) is 0 Å². The Balaban J connectivity index is 0.00000147. The number of para-hydroxylation sites is 2. The number of carbonyl (C=O) groups excluding carboxylic acids is 1. The molecule has 0 bridgehead atoms. The van der Waals surface area contributed by atoms with E-state index in [9.17, 15) is 4.79 Å². The van der Waals surface area contributed by atoms with Crippen LogP contribution in [0.15, 0.2) is 24.3 Å². The fourth-order valence-electron chi connectivity index (χ4n) is 2.17. The Hall–Kier alpha value is -1.24. The summed E-state index contributed by atoms with van der Waals surface area (Å²) in [6.45, 7) is 0.979. The second-order valence-corrected chi connectivity index (χ2v) is 5.73. The van der Waals surface area contributed by atoms with Crippen molar-refractivity contribution in [2.24, 2.45) is 0 Å². The molecule has 2 heterocycles. The van der Waals surface area contributed by atoms with Crippen LogP contribution >= 0.6 is 24.2 Å². The Morgan fingerprint density at radius 2 is 2.30 bits per heavy atom. The van der Waals surface area contributed by atoms with Crippen LogP contribution in [0.25, 0.3) is 11.0 Å². The topological polar surface area (TPSA) is 69.8 Å². The summed E-state index contributed by atoms with van der Waals surface area (Å²) in [6.07, 6.45) is 0.490. The molecule has 1 aromatic heterocycles. The normalized spacial score (nSPS) is 18.5. The van der Waals surface area contributed by atoms with Crippen LogP contribution in [-0.2, 0) is 4.79 Å². The molecule has 1 aliphatic rings. The van der Waals surface area contributed by atoms with E-state index < -0.39 is 0 Å². The Bertz CT molecular complexity index is 550. The average Bonchev–Trinajstić information content (AvgIpc) is 2.81. The fourth-order valence-corrected chi connectivity index (χ4v) is 3.12. The summed E-state index contributed by atoms with van der Waals surface area (Å²) in [7, 11) is 0. The first kappa shape index (κ1) is 15.2. The largest absolute Gasteiger partial charge is 0.324 e. The summed E-state index contributed by atoms with van der Waals surface area (Å²) in [6, 6.07) is 7.99. The Morgan fingerprint density at radius 3 is 3.05 bits per heavy atom. The van der Waals surface area contributed by atoms with Crippen LogP contribution in [-0.4, -0.2) is 40.0 Å². The van der Waals surface area contributed by atoms with Crippen LogP contribution in [0.4, 0.5) is 5.95 Å². The van der Waals surface area contributed by atoms with Gasteiger partial charge in [-0.3, -0.25) is 10.1 Å². The monoisotopic (exact) mass is 312 g/mol. The molecule has 5 nitrogen and oxygen atoms in total. The highest BCUT2D eigenvalue weighted by Crippen LogP contribution is 2.14. The summed E-state index contributed by atoms with van der Waals surface area (Å²) in [4.78, 5) is 19.4. The molecular weight excluding hydrogens is 296 g/mol. The number of nitrogens with one attached hydrogen (secondary N) is 3. The number of rotatable bonds is 3. The maximum absolute atomic E-state index is 11.9. The zero-order valence-electron chi connectivity index (χ0n) is 10.9. The molecule has 0 saturated carbocycles. The first-order valence-electron chi connectivity index (χ1n) is 6.37. The Labute approximate surface area is 127 Å². The predicted molar refractivity (Wildman–Crippen MR) is 85.7 cm³/mol. The third-order valence-electron chi connectivity index (χ3n) is 3.08. The number of imidazole rings is 1. The molecule has 1 atom stereocenters. The lowest BCUT2D eigenvalue weighted by molar-refractivity contribution is -0.116. The van der Waals surface area contributed by atoms with Crippen molar-refractivity contribution in [1.82, 2.24) is 15.3 Å². The molecule has 1 aromatic carbocycles. The lowest BCUT2D eigenvalue weighted by atomic mass is 10.2. The maximum atomic E-state index is 11.9. The zero-order valence-corrected chi connectivity index (χ0v) is 12.5. The van der Waals surface area contributed by atoms with Crippen molar-refractivity contribution < 1.29 is 4.79 Å². The van der Waals surface area contributed by atoms with E-state index in [1.54, 1.807) is 0 Å². The van der Waals surface area contributed by atoms with Crippen LogP contribution in [0.2, 0.25) is 0 Å². The Kier molecular flexibility index (Phi) is 5.28. The number of thioether (sulfide) groups is 1. The molecule has 0 aliphatic carbocycles. The summed E-state index contributed by atoms with van der Waals surface area (Å²) in [5.74, 6) is 2.64. The fraction of sp³-hybridized carbons (Fsp3) is 0.385.